The highest BCUT2D eigenvalue weighted by Gasteiger charge is 2.32. The molecule has 0 spiro atoms. The average molecular weight is 260 g/mol. The number of methoxy groups -OCH3 is 2. The summed E-state index contributed by atoms with van der Waals surface area (Å²) in [4.78, 5) is 11.5. The predicted molar refractivity (Wildman–Crippen MR) is 70.6 cm³/mol. The van der Waals surface area contributed by atoms with Crippen molar-refractivity contribution in [3.05, 3.63) is 12.2 Å². The van der Waals surface area contributed by atoms with Crippen LogP contribution < -0.4 is 0 Å². The third-order valence-electron chi connectivity index (χ3n) is 2.90. The number of rotatable bonds is 8. The summed E-state index contributed by atoms with van der Waals surface area (Å²) in [6.45, 7) is 9.23. The van der Waals surface area contributed by atoms with Crippen LogP contribution in [0.1, 0.15) is 33.6 Å². The van der Waals surface area contributed by atoms with E-state index in [4.69, 9.17) is 14.2 Å². The van der Waals surface area contributed by atoms with Gasteiger partial charge in [-0.05, 0) is 19.8 Å². The first-order valence-corrected chi connectivity index (χ1v) is 7.43. The predicted octanol–water partition coefficient (Wildman–Crippen LogP) is 1.37. The fraction of sp³-hybridized carbons (Fsp3) is 0.750. The molecule has 0 aliphatic carbocycles. The van der Waals surface area contributed by atoms with Crippen molar-refractivity contribution in [2.24, 2.45) is 0 Å². The van der Waals surface area contributed by atoms with Crippen molar-refractivity contribution in [3.8, 4) is 0 Å². The van der Waals surface area contributed by atoms with E-state index in [9.17, 15) is 4.79 Å². The number of carbonyl (C=O) groups excluding carboxylic acids is 1. The minimum Gasteiger partial charge on any atom is -0.463 e. The van der Waals surface area contributed by atoms with Crippen molar-refractivity contribution in [2.45, 2.75) is 44.8 Å². The molecule has 0 N–H and O–H groups in total. The van der Waals surface area contributed by atoms with Crippen LogP contribution in [0.2, 0.25) is 0 Å². The summed E-state index contributed by atoms with van der Waals surface area (Å²) in [7, 11) is 2.39. The summed E-state index contributed by atoms with van der Waals surface area (Å²) >= 11 is 0. The van der Waals surface area contributed by atoms with Crippen LogP contribution in [0.15, 0.2) is 12.2 Å². The molecule has 100 valence electrons. The van der Waals surface area contributed by atoms with Gasteiger partial charge in [0.25, 0.3) is 0 Å². The molecule has 0 aromatic heterocycles. The fourth-order valence-corrected chi connectivity index (χ4v) is 3.39. The molecule has 0 fully saturated rings. The van der Waals surface area contributed by atoms with E-state index in [-0.39, 0.29) is 11.7 Å². The third-order valence-corrected chi connectivity index (χ3v) is 5.80. The molecule has 0 saturated carbocycles. The molecule has 0 amide bonds. The van der Waals surface area contributed by atoms with E-state index >= 15 is 0 Å². The van der Waals surface area contributed by atoms with E-state index in [1.807, 2.05) is 13.8 Å². The zero-order valence-electron chi connectivity index (χ0n) is 11.5. The van der Waals surface area contributed by atoms with E-state index in [0.717, 1.165) is 12.8 Å². The van der Waals surface area contributed by atoms with E-state index in [1.54, 1.807) is 21.1 Å². The minimum atomic E-state index is -0.871. The molecule has 0 radical (unpaired) electrons. The van der Waals surface area contributed by atoms with Crippen molar-refractivity contribution in [1.29, 1.82) is 0 Å². The van der Waals surface area contributed by atoms with Crippen LogP contribution >= 0.6 is 0 Å². The van der Waals surface area contributed by atoms with Crippen LogP contribution in [0.3, 0.4) is 0 Å². The van der Waals surface area contributed by atoms with Crippen LogP contribution in [0, 0.1) is 0 Å². The van der Waals surface area contributed by atoms with Crippen LogP contribution in [-0.4, -0.2) is 40.8 Å². The minimum absolute atomic E-state index is 0.0842. The lowest BCUT2D eigenvalue weighted by Crippen LogP contribution is -2.46. The Labute approximate surface area is 106 Å². The fourth-order valence-electron chi connectivity index (χ4n) is 1.55. The van der Waals surface area contributed by atoms with Crippen molar-refractivity contribution in [2.75, 3.05) is 14.2 Å². The SMILES string of the molecule is C=C(C)C(=O)OC(CC)[SiH2]C(CC)(OC)OC. The maximum absolute atomic E-state index is 11.5. The van der Waals surface area contributed by atoms with Crippen LogP contribution in [0.5, 0.6) is 0 Å². The van der Waals surface area contributed by atoms with E-state index in [0.29, 0.717) is 5.57 Å². The average Bonchev–Trinajstić information content (AvgIpc) is 2.34. The quantitative estimate of drug-likeness (QED) is 0.286. The Morgan fingerprint density at radius 3 is 2.18 bits per heavy atom. The highest BCUT2D eigenvalue weighted by Crippen LogP contribution is 2.18. The van der Waals surface area contributed by atoms with Gasteiger partial charge in [0, 0.05) is 19.8 Å². The van der Waals surface area contributed by atoms with E-state index in [1.165, 1.54) is 0 Å². The Bertz CT molecular complexity index is 253. The molecule has 0 aromatic carbocycles. The summed E-state index contributed by atoms with van der Waals surface area (Å²) in [6.07, 6.45) is 1.53. The molecular weight excluding hydrogens is 236 g/mol. The molecule has 1 atom stereocenters. The Morgan fingerprint density at radius 1 is 1.35 bits per heavy atom. The number of hydrogen-bond acceptors (Lipinski definition) is 4. The first-order chi connectivity index (χ1) is 7.94. The van der Waals surface area contributed by atoms with Gasteiger partial charge < -0.3 is 14.2 Å². The van der Waals surface area contributed by atoms with Crippen molar-refractivity contribution in [3.63, 3.8) is 0 Å². The van der Waals surface area contributed by atoms with Gasteiger partial charge in [-0.1, -0.05) is 20.4 Å². The lowest BCUT2D eigenvalue weighted by atomic mass is 10.4. The maximum Gasteiger partial charge on any atom is 0.333 e. The van der Waals surface area contributed by atoms with Gasteiger partial charge in [-0.15, -0.1) is 0 Å². The Kier molecular flexibility index (Phi) is 7.34. The van der Waals surface area contributed by atoms with Gasteiger partial charge in [0.1, 0.15) is 14.9 Å². The smallest absolute Gasteiger partial charge is 0.333 e. The lowest BCUT2D eigenvalue weighted by molar-refractivity contribution is -0.153. The molecule has 0 aliphatic rings. The molecule has 0 aliphatic heterocycles. The first kappa shape index (κ1) is 16.3. The van der Waals surface area contributed by atoms with Gasteiger partial charge in [0.05, 0.1) is 5.73 Å². The summed E-state index contributed by atoms with van der Waals surface area (Å²) < 4.78 is 16.3. The molecule has 1 unspecified atom stereocenters. The second-order valence-electron chi connectivity index (χ2n) is 4.09. The van der Waals surface area contributed by atoms with Gasteiger partial charge in [-0.25, -0.2) is 4.79 Å². The summed E-state index contributed by atoms with van der Waals surface area (Å²) in [5.41, 5.74) is -0.204. The topological polar surface area (TPSA) is 44.8 Å². The van der Waals surface area contributed by atoms with Crippen LogP contribution in [0.4, 0.5) is 0 Å². The molecular formula is C12H24O4Si. The summed E-state index contributed by atoms with van der Waals surface area (Å²) in [5, 5.41) is 0. The monoisotopic (exact) mass is 260 g/mol. The van der Waals surface area contributed by atoms with E-state index < -0.39 is 14.9 Å². The van der Waals surface area contributed by atoms with Gasteiger partial charge in [-0.3, -0.25) is 0 Å². The molecule has 4 nitrogen and oxygen atoms in total. The number of hydrogen-bond donors (Lipinski definition) is 0. The van der Waals surface area contributed by atoms with Crippen molar-refractivity contribution >= 4 is 15.5 Å². The van der Waals surface area contributed by atoms with Gasteiger partial charge in [-0.2, -0.15) is 0 Å². The largest absolute Gasteiger partial charge is 0.463 e. The Morgan fingerprint density at radius 2 is 1.88 bits per heavy atom. The Hall–Kier alpha value is -0.653. The number of carbonyl (C=O) groups is 1. The van der Waals surface area contributed by atoms with Crippen LogP contribution in [0.25, 0.3) is 0 Å². The molecule has 17 heavy (non-hydrogen) atoms. The highest BCUT2D eigenvalue weighted by atomic mass is 28.2. The van der Waals surface area contributed by atoms with Crippen molar-refractivity contribution < 1.29 is 19.0 Å². The molecule has 0 saturated heterocycles. The second kappa shape index (κ2) is 7.63. The third kappa shape index (κ3) is 5.02. The molecule has 0 bridgehead atoms. The molecule has 0 heterocycles. The van der Waals surface area contributed by atoms with Crippen molar-refractivity contribution in [1.82, 2.24) is 0 Å². The first-order valence-electron chi connectivity index (χ1n) is 5.91. The highest BCUT2D eigenvalue weighted by molar-refractivity contribution is 6.41. The molecule has 0 aromatic rings. The normalized spacial score (nSPS) is 13.9. The Balaban J connectivity index is 4.57. The van der Waals surface area contributed by atoms with E-state index in [2.05, 4.69) is 6.58 Å². The lowest BCUT2D eigenvalue weighted by Gasteiger charge is -2.32. The maximum atomic E-state index is 11.5. The summed E-state index contributed by atoms with van der Waals surface area (Å²) in [5.74, 6) is -0.332. The second-order valence-corrected chi connectivity index (χ2v) is 6.49. The number of ether oxygens (including phenoxy) is 3. The zero-order chi connectivity index (χ0) is 13.5. The number of esters is 1. The van der Waals surface area contributed by atoms with Gasteiger partial charge in [0.15, 0.2) is 0 Å². The van der Waals surface area contributed by atoms with Gasteiger partial charge in [0.2, 0.25) is 0 Å². The molecule has 5 heteroatoms. The van der Waals surface area contributed by atoms with Gasteiger partial charge >= 0.3 is 5.97 Å². The zero-order valence-corrected chi connectivity index (χ0v) is 13.0. The standard InChI is InChI=1S/C12H24O4Si/c1-7-10(16-11(13)9(3)4)17-12(8-2,14-5)15-6/h10H,3,7-8,17H2,1-2,4-6H3. The summed E-state index contributed by atoms with van der Waals surface area (Å²) in [6, 6.07) is 0. The molecule has 0 rings (SSSR count). The van der Waals surface area contributed by atoms with Crippen LogP contribution in [-0.2, 0) is 19.0 Å².